The Bertz CT molecular complexity index is 592. The molecular weight excluding hydrogens is 418 g/mol. The van der Waals surface area contributed by atoms with E-state index in [9.17, 15) is 40.5 Å². The number of carboxylic acid groups (broad SMARTS) is 1. The zero-order chi connectivity index (χ0) is 21.9. The van der Waals surface area contributed by atoms with Gasteiger partial charge >= 0.3 is 5.97 Å². The van der Waals surface area contributed by atoms with Gasteiger partial charge in [-0.3, -0.25) is 4.99 Å². The zero-order valence-electron chi connectivity index (χ0n) is 15.0. The average molecular weight is 443 g/mol. The summed E-state index contributed by atoms with van der Waals surface area (Å²) >= 11 is 3.85. The first-order valence-corrected chi connectivity index (χ1v) is 9.29. The Balaban J connectivity index is 2.25. The van der Waals surface area contributed by atoms with Crippen LogP contribution in [0.25, 0.3) is 0 Å². The fourth-order valence-corrected chi connectivity index (χ4v) is 3.13. The SMILES string of the molecule is O=C(O)[C@@H](CS)N=C1[C@@H](O)[C@H](O[C@H]2O[C@H](CO)[C@@H](O)[C@H](O)[C@@H]2O)O[C@H](CO)[C@@H]1O. The van der Waals surface area contributed by atoms with Crippen molar-refractivity contribution in [3.8, 4) is 0 Å². The van der Waals surface area contributed by atoms with Crippen molar-refractivity contribution in [1.82, 2.24) is 0 Å². The van der Waals surface area contributed by atoms with Gasteiger partial charge in [0.2, 0.25) is 0 Å². The first-order chi connectivity index (χ1) is 13.7. The van der Waals surface area contributed by atoms with E-state index >= 15 is 0 Å². The second-order valence-electron chi connectivity index (χ2n) is 6.54. The lowest BCUT2D eigenvalue weighted by Crippen LogP contribution is -2.63. The van der Waals surface area contributed by atoms with Crippen molar-refractivity contribution in [3.63, 3.8) is 0 Å². The Labute approximate surface area is 170 Å². The molecule has 13 nitrogen and oxygen atoms in total. The van der Waals surface area contributed by atoms with Gasteiger partial charge < -0.3 is 55.1 Å². The summed E-state index contributed by atoms with van der Waals surface area (Å²) in [6.45, 7) is -1.47. The first kappa shape index (κ1) is 24.4. The maximum atomic E-state index is 11.2. The van der Waals surface area contributed by atoms with E-state index in [1.807, 2.05) is 0 Å². The van der Waals surface area contributed by atoms with E-state index in [2.05, 4.69) is 17.6 Å². The van der Waals surface area contributed by atoms with E-state index in [0.29, 0.717) is 0 Å². The van der Waals surface area contributed by atoms with E-state index < -0.39 is 86.2 Å². The number of aliphatic hydroxyl groups excluding tert-OH is 7. The highest BCUT2D eigenvalue weighted by atomic mass is 32.1. The monoisotopic (exact) mass is 443 g/mol. The van der Waals surface area contributed by atoms with Gasteiger partial charge in [0, 0.05) is 5.75 Å². The molecule has 2 saturated heterocycles. The van der Waals surface area contributed by atoms with Crippen molar-refractivity contribution in [2.75, 3.05) is 19.0 Å². The highest BCUT2D eigenvalue weighted by Crippen LogP contribution is 2.27. The number of thiol groups is 1. The van der Waals surface area contributed by atoms with E-state index in [4.69, 9.17) is 19.3 Å². The molecule has 0 aromatic carbocycles. The maximum Gasteiger partial charge on any atom is 0.329 e. The van der Waals surface area contributed by atoms with Gasteiger partial charge in [0.1, 0.15) is 42.7 Å². The molecule has 2 aliphatic heterocycles. The van der Waals surface area contributed by atoms with Crippen LogP contribution in [0, 0.1) is 0 Å². The summed E-state index contributed by atoms with van der Waals surface area (Å²) in [6.07, 6.45) is -14.7. The van der Waals surface area contributed by atoms with Crippen molar-refractivity contribution in [2.45, 2.75) is 61.3 Å². The summed E-state index contributed by atoms with van der Waals surface area (Å²) < 4.78 is 15.7. The summed E-state index contributed by atoms with van der Waals surface area (Å²) in [5.41, 5.74) is -0.452. The Morgan fingerprint density at radius 2 is 1.55 bits per heavy atom. The molecule has 0 unspecified atom stereocenters. The smallest absolute Gasteiger partial charge is 0.329 e. The topological polar surface area (TPSA) is 219 Å². The van der Waals surface area contributed by atoms with Crippen LogP contribution in [-0.2, 0) is 19.0 Å². The molecular formula is C15H25NO12S. The van der Waals surface area contributed by atoms with Crippen molar-refractivity contribution in [2.24, 2.45) is 4.99 Å². The third-order valence-electron chi connectivity index (χ3n) is 4.58. The molecule has 0 aliphatic carbocycles. The predicted octanol–water partition coefficient (Wildman–Crippen LogP) is -4.93. The number of hydrogen-bond acceptors (Lipinski definition) is 13. The van der Waals surface area contributed by atoms with Crippen molar-refractivity contribution >= 4 is 24.3 Å². The number of ether oxygens (including phenoxy) is 3. The van der Waals surface area contributed by atoms with Crippen LogP contribution in [0.15, 0.2) is 4.99 Å². The zero-order valence-corrected chi connectivity index (χ0v) is 15.9. The third-order valence-corrected chi connectivity index (χ3v) is 4.93. The second kappa shape index (κ2) is 10.4. The van der Waals surface area contributed by atoms with Crippen LogP contribution in [0.5, 0.6) is 0 Å². The van der Waals surface area contributed by atoms with Crippen LogP contribution in [0.2, 0.25) is 0 Å². The third kappa shape index (κ3) is 5.23. The Hall–Kier alpha value is -0.910. The Morgan fingerprint density at radius 1 is 0.966 bits per heavy atom. The molecule has 0 aromatic heterocycles. The fourth-order valence-electron chi connectivity index (χ4n) is 2.89. The normalized spacial score (nSPS) is 43.3. The minimum atomic E-state index is -1.83. The number of rotatable bonds is 7. The standard InChI is InChI=1S/C15H25NO12S/c17-1-5-8(19)7(16-4(3-29)13(24)25)10(21)14(26-5)28-15-12(23)11(22)9(20)6(2-18)27-15/h4-6,8-12,14-15,17-23,29H,1-3H2,(H,24,25)/t4-,5-,6-,8+,9-,10-,11+,12+,14+,15-/m1/s1. The van der Waals surface area contributed by atoms with Gasteiger partial charge in [0.15, 0.2) is 18.6 Å². The van der Waals surface area contributed by atoms with Gasteiger partial charge in [0.05, 0.1) is 18.9 Å². The van der Waals surface area contributed by atoms with Crippen LogP contribution in [0.4, 0.5) is 0 Å². The minimum absolute atomic E-state index is 0.249. The first-order valence-electron chi connectivity index (χ1n) is 8.65. The Morgan fingerprint density at radius 3 is 2.07 bits per heavy atom. The van der Waals surface area contributed by atoms with Gasteiger partial charge in [-0.05, 0) is 0 Å². The lowest BCUT2D eigenvalue weighted by atomic mass is 9.98. The summed E-state index contributed by atoms with van der Waals surface area (Å²) in [6, 6.07) is -1.41. The lowest BCUT2D eigenvalue weighted by molar-refractivity contribution is -0.355. The van der Waals surface area contributed by atoms with E-state index in [1.54, 1.807) is 0 Å². The minimum Gasteiger partial charge on any atom is -0.480 e. The van der Waals surface area contributed by atoms with Crippen LogP contribution < -0.4 is 0 Å². The van der Waals surface area contributed by atoms with Gasteiger partial charge in [-0.25, -0.2) is 4.79 Å². The van der Waals surface area contributed by atoms with Gasteiger partial charge in [-0.1, -0.05) is 0 Å². The number of aliphatic hydroxyl groups is 7. The van der Waals surface area contributed by atoms with E-state index in [1.165, 1.54) is 0 Å². The number of aliphatic imine (C=N–C) groups is 1. The molecule has 10 atom stereocenters. The molecule has 0 aromatic rings. The molecule has 14 heteroatoms. The molecule has 168 valence electrons. The molecule has 2 fully saturated rings. The number of nitrogens with zero attached hydrogens (tertiary/aromatic N) is 1. The molecule has 29 heavy (non-hydrogen) atoms. The van der Waals surface area contributed by atoms with Crippen LogP contribution in [0.3, 0.4) is 0 Å². The Kier molecular flexibility index (Phi) is 8.74. The number of carbonyl (C=O) groups is 1. The second-order valence-corrected chi connectivity index (χ2v) is 6.90. The van der Waals surface area contributed by atoms with Gasteiger partial charge in [-0.15, -0.1) is 0 Å². The lowest BCUT2D eigenvalue weighted by Gasteiger charge is -2.43. The van der Waals surface area contributed by atoms with Gasteiger partial charge in [0.25, 0.3) is 0 Å². The molecule has 2 heterocycles. The largest absolute Gasteiger partial charge is 0.480 e. The van der Waals surface area contributed by atoms with Crippen LogP contribution >= 0.6 is 12.6 Å². The predicted molar refractivity (Wildman–Crippen MR) is 95.3 cm³/mol. The summed E-state index contributed by atoms with van der Waals surface area (Å²) in [5.74, 6) is -1.62. The molecule has 0 bridgehead atoms. The maximum absolute atomic E-state index is 11.2. The molecule has 8 N–H and O–H groups in total. The molecule has 0 saturated carbocycles. The molecule has 2 rings (SSSR count). The summed E-state index contributed by atoms with van der Waals surface area (Å²) in [5, 5.41) is 78.1. The molecule has 0 spiro atoms. The highest BCUT2D eigenvalue weighted by molar-refractivity contribution is 7.80. The fraction of sp³-hybridized carbons (Fsp3) is 0.867. The van der Waals surface area contributed by atoms with Crippen molar-refractivity contribution < 1.29 is 59.9 Å². The van der Waals surface area contributed by atoms with Crippen LogP contribution in [-0.4, -0.2) is 133 Å². The van der Waals surface area contributed by atoms with Gasteiger partial charge in [-0.2, -0.15) is 12.6 Å². The van der Waals surface area contributed by atoms with Crippen molar-refractivity contribution in [1.29, 1.82) is 0 Å². The molecule has 0 radical (unpaired) electrons. The van der Waals surface area contributed by atoms with E-state index in [0.717, 1.165) is 0 Å². The summed E-state index contributed by atoms with van der Waals surface area (Å²) in [7, 11) is 0. The molecule has 0 amide bonds. The highest BCUT2D eigenvalue weighted by Gasteiger charge is 2.49. The number of aliphatic carboxylic acids is 1. The van der Waals surface area contributed by atoms with Crippen LogP contribution in [0.1, 0.15) is 0 Å². The molecule has 2 aliphatic rings. The quantitative estimate of drug-likeness (QED) is 0.169. The van der Waals surface area contributed by atoms with Crippen molar-refractivity contribution in [3.05, 3.63) is 0 Å². The summed E-state index contributed by atoms with van der Waals surface area (Å²) in [4.78, 5) is 15.0. The van der Waals surface area contributed by atoms with E-state index in [-0.39, 0.29) is 5.75 Å². The number of hydrogen-bond donors (Lipinski definition) is 9. The average Bonchev–Trinajstić information content (AvgIpc) is 2.69. The number of carboxylic acids is 1.